The van der Waals surface area contributed by atoms with Gasteiger partial charge in [0.15, 0.2) is 0 Å². The monoisotopic (exact) mass is 439 g/mol. The number of nitrogens with zero attached hydrogens (tertiary/aromatic N) is 3. The van der Waals surface area contributed by atoms with E-state index in [1.165, 1.54) is 6.07 Å². The van der Waals surface area contributed by atoms with Crippen molar-refractivity contribution in [1.82, 2.24) is 15.0 Å². The molecule has 2 bridgehead atoms. The molecule has 0 aliphatic carbocycles. The van der Waals surface area contributed by atoms with Crippen LogP contribution in [-0.4, -0.2) is 28.1 Å². The largest absolute Gasteiger partial charge is 0.491 e. The number of halogens is 4. The lowest BCUT2D eigenvalue weighted by Gasteiger charge is -2.17. The Hall–Kier alpha value is -2.62. The number of nitrogens with one attached hydrogen (secondary N) is 2. The van der Waals surface area contributed by atoms with Gasteiger partial charge in [0.25, 0.3) is 0 Å². The SMILES string of the molecule is FC(F)(F)c1cccc2c1OCCNc1nc(c3cc(Br)ncc3n1)NC2. The van der Waals surface area contributed by atoms with Gasteiger partial charge in [-0.1, -0.05) is 12.1 Å². The van der Waals surface area contributed by atoms with Crippen LogP contribution >= 0.6 is 15.9 Å². The minimum Gasteiger partial charge on any atom is -0.491 e. The van der Waals surface area contributed by atoms with E-state index in [-0.39, 0.29) is 25.4 Å². The zero-order chi connectivity index (χ0) is 19.0. The number of para-hydroxylation sites is 1. The molecule has 0 fully saturated rings. The Balaban J connectivity index is 1.80. The van der Waals surface area contributed by atoms with Crippen LogP contribution in [0.1, 0.15) is 11.1 Å². The van der Waals surface area contributed by atoms with Crippen LogP contribution in [0.4, 0.5) is 24.9 Å². The lowest BCUT2D eigenvalue weighted by atomic mass is 10.1. The molecule has 2 aromatic heterocycles. The molecular formula is C17H13BrF3N5O. The van der Waals surface area contributed by atoms with Crippen molar-refractivity contribution in [3.8, 4) is 5.75 Å². The van der Waals surface area contributed by atoms with Crippen molar-refractivity contribution in [2.45, 2.75) is 12.7 Å². The normalized spacial score (nSPS) is 14.4. The number of hydrogen-bond donors (Lipinski definition) is 2. The van der Waals surface area contributed by atoms with Gasteiger partial charge in [0.1, 0.15) is 22.8 Å². The molecule has 10 heteroatoms. The van der Waals surface area contributed by atoms with Crippen molar-refractivity contribution in [2.24, 2.45) is 0 Å². The Bertz CT molecular complexity index is 1010. The highest BCUT2D eigenvalue weighted by molar-refractivity contribution is 9.10. The molecule has 6 nitrogen and oxygen atoms in total. The molecule has 0 saturated heterocycles. The Morgan fingerprint density at radius 3 is 2.81 bits per heavy atom. The van der Waals surface area contributed by atoms with Crippen molar-refractivity contribution < 1.29 is 17.9 Å². The van der Waals surface area contributed by atoms with Crippen LogP contribution in [0.5, 0.6) is 5.75 Å². The second kappa shape index (κ2) is 6.84. The molecule has 0 radical (unpaired) electrons. The summed E-state index contributed by atoms with van der Waals surface area (Å²) in [6.45, 7) is 0.403. The minimum atomic E-state index is -4.50. The third kappa shape index (κ3) is 3.61. The molecule has 0 spiro atoms. The zero-order valence-electron chi connectivity index (χ0n) is 13.8. The van der Waals surface area contributed by atoms with Gasteiger partial charge in [0.2, 0.25) is 5.95 Å². The fourth-order valence-corrected chi connectivity index (χ4v) is 3.16. The second-order valence-corrected chi connectivity index (χ2v) is 6.65. The van der Waals surface area contributed by atoms with Gasteiger partial charge in [-0.25, -0.2) is 9.97 Å². The van der Waals surface area contributed by atoms with Crippen molar-refractivity contribution in [1.29, 1.82) is 0 Å². The first kappa shape index (κ1) is 17.8. The standard InChI is InChI=1S/C17H13BrF3N5O/c18-13-6-10-12(8-23-13)25-16-22-4-5-27-14-9(7-24-15(10)26-16)2-1-3-11(14)17(19,20)21/h1-3,6,8H,4-5,7H2,(H2,22,24,25,26). The number of fused-ring (bicyclic) bond motifs is 5. The quantitative estimate of drug-likeness (QED) is 0.511. The molecule has 1 aliphatic rings. The third-order valence-corrected chi connectivity index (χ3v) is 4.46. The fraction of sp³-hybridized carbons (Fsp3) is 0.235. The Morgan fingerprint density at radius 2 is 2.00 bits per heavy atom. The summed E-state index contributed by atoms with van der Waals surface area (Å²) in [6.07, 6.45) is -2.90. The van der Waals surface area contributed by atoms with Crippen LogP contribution in [-0.2, 0) is 12.7 Å². The molecular weight excluding hydrogens is 427 g/mol. The molecule has 2 N–H and O–H groups in total. The van der Waals surface area contributed by atoms with Gasteiger partial charge in [-0.2, -0.15) is 18.2 Å². The minimum absolute atomic E-state index is 0.0371. The summed E-state index contributed by atoms with van der Waals surface area (Å²) in [4.78, 5) is 13.0. The highest BCUT2D eigenvalue weighted by Crippen LogP contribution is 2.38. The van der Waals surface area contributed by atoms with Crippen LogP contribution in [0.2, 0.25) is 0 Å². The average Bonchev–Trinajstić information content (AvgIpc) is 2.65. The number of alkyl halides is 3. The van der Waals surface area contributed by atoms with Gasteiger partial charge >= 0.3 is 6.18 Å². The smallest absolute Gasteiger partial charge is 0.419 e. The van der Waals surface area contributed by atoms with Crippen molar-refractivity contribution in [3.63, 3.8) is 0 Å². The Kier molecular flexibility index (Phi) is 4.50. The predicted molar refractivity (Wildman–Crippen MR) is 97.8 cm³/mol. The number of ether oxygens (including phenoxy) is 1. The van der Waals surface area contributed by atoms with Crippen molar-refractivity contribution in [2.75, 3.05) is 23.8 Å². The molecule has 0 saturated carbocycles. The summed E-state index contributed by atoms with van der Waals surface area (Å²) in [6, 6.07) is 5.74. The second-order valence-electron chi connectivity index (χ2n) is 5.84. The predicted octanol–water partition coefficient (Wildman–Crippen LogP) is 4.22. The van der Waals surface area contributed by atoms with E-state index in [1.807, 2.05) is 0 Å². The number of hydrogen-bond acceptors (Lipinski definition) is 6. The maximum Gasteiger partial charge on any atom is 0.419 e. The maximum absolute atomic E-state index is 13.4. The molecule has 1 aliphatic heterocycles. The van der Waals surface area contributed by atoms with Crippen LogP contribution in [0.3, 0.4) is 0 Å². The topological polar surface area (TPSA) is 72.0 Å². The number of benzene rings is 1. The molecule has 0 amide bonds. The van der Waals surface area contributed by atoms with Crippen molar-refractivity contribution >= 4 is 38.6 Å². The Labute approximate surface area is 160 Å². The molecule has 0 unspecified atom stereocenters. The van der Waals surface area contributed by atoms with Crippen LogP contribution < -0.4 is 15.4 Å². The first-order valence-electron chi connectivity index (χ1n) is 8.05. The van der Waals surface area contributed by atoms with E-state index in [1.54, 1.807) is 18.3 Å². The lowest BCUT2D eigenvalue weighted by Crippen LogP contribution is -2.16. The van der Waals surface area contributed by atoms with Gasteiger partial charge < -0.3 is 15.4 Å². The highest BCUT2D eigenvalue weighted by Gasteiger charge is 2.35. The summed E-state index contributed by atoms with van der Waals surface area (Å²) in [5, 5.41) is 6.77. The average molecular weight is 440 g/mol. The van der Waals surface area contributed by atoms with Gasteiger partial charge in [-0.05, 0) is 28.1 Å². The lowest BCUT2D eigenvalue weighted by molar-refractivity contribution is -0.139. The first-order chi connectivity index (χ1) is 12.9. The van der Waals surface area contributed by atoms with Crippen molar-refractivity contribution in [3.05, 3.63) is 46.2 Å². The molecule has 27 heavy (non-hydrogen) atoms. The van der Waals surface area contributed by atoms with Crippen LogP contribution in [0.25, 0.3) is 10.9 Å². The Morgan fingerprint density at radius 1 is 1.15 bits per heavy atom. The first-order valence-corrected chi connectivity index (χ1v) is 8.84. The summed E-state index contributed by atoms with van der Waals surface area (Å²) in [7, 11) is 0. The van der Waals surface area contributed by atoms with E-state index in [4.69, 9.17) is 4.74 Å². The summed E-state index contributed by atoms with van der Waals surface area (Å²) < 4.78 is 46.2. The third-order valence-electron chi connectivity index (χ3n) is 4.03. The fourth-order valence-electron chi connectivity index (χ4n) is 2.83. The number of anilines is 2. The van der Waals surface area contributed by atoms with Crippen LogP contribution in [0.15, 0.2) is 35.1 Å². The van der Waals surface area contributed by atoms with Gasteiger partial charge in [-0.3, -0.25) is 0 Å². The highest BCUT2D eigenvalue weighted by atomic mass is 79.9. The number of pyridine rings is 1. The van der Waals surface area contributed by atoms with E-state index < -0.39 is 11.7 Å². The molecule has 3 heterocycles. The van der Waals surface area contributed by atoms with Gasteiger partial charge in [0.05, 0.1) is 23.8 Å². The summed E-state index contributed by atoms with van der Waals surface area (Å²) in [5.41, 5.74) is 0.214. The summed E-state index contributed by atoms with van der Waals surface area (Å²) >= 11 is 3.31. The van der Waals surface area contributed by atoms with E-state index in [2.05, 4.69) is 41.5 Å². The molecule has 1 aromatic carbocycles. The molecule has 4 rings (SSSR count). The van der Waals surface area contributed by atoms with E-state index >= 15 is 0 Å². The molecule has 3 aromatic rings. The molecule has 0 atom stereocenters. The maximum atomic E-state index is 13.4. The van der Waals surface area contributed by atoms with Gasteiger partial charge in [-0.15, -0.1) is 0 Å². The number of rotatable bonds is 0. The molecule has 140 valence electrons. The summed E-state index contributed by atoms with van der Waals surface area (Å²) in [5.74, 6) is 0.671. The van der Waals surface area contributed by atoms with E-state index in [0.717, 1.165) is 6.07 Å². The van der Waals surface area contributed by atoms with E-state index in [0.29, 0.717) is 32.8 Å². The van der Waals surface area contributed by atoms with Crippen LogP contribution in [0, 0.1) is 0 Å². The number of aromatic nitrogens is 3. The zero-order valence-corrected chi connectivity index (χ0v) is 15.4. The van der Waals surface area contributed by atoms with E-state index in [9.17, 15) is 13.2 Å². The van der Waals surface area contributed by atoms with Gasteiger partial charge in [0, 0.05) is 17.5 Å².